The molecule has 0 N–H and O–H groups in total. The number of benzene rings is 2. The molecule has 286 valence electrons. The average Bonchev–Trinajstić information content (AvgIpc) is 3.47. The molecule has 51 heavy (non-hydrogen) atoms. The second-order valence-electron chi connectivity index (χ2n) is 16.0. The maximum atomic E-state index is 2.76. The van der Waals surface area contributed by atoms with Crippen molar-refractivity contribution >= 4 is 0 Å². The highest BCUT2D eigenvalue weighted by molar-refractivity contribution is 5.21. The van der Waals surface area contributed by atoms with Crippen LogP contribution in [0.1, 0.15) is 216 Å². The molecule has 1 unspecified atom stereocenters. The summed E-state index contributed by atoms with van der Waals surface area (Å²) < 4.78 is 5.42. The molecule has 1 aromatic heterocycles. The molecule has 0 saturated carbocycles. The zero-order valence-corrected chi connectivity index (χ0v) is 34.0. The second-order valence-corrected chi connectivity index (χ2v) is 16.0. The van der Waals surface area contributed by atoms with E-state index in [1.165, 1.54) is 190 Å². The summed E-state index contributed by atoms with van der Waals surface area (Å²) in [5.41, 5.74) is 4.42. The van der Waals surface area contributed by atoms with E-state index in [4.69, 9.17) is 0 Å². The van der Waals surface area contributed by atoms with Crippen molar-refractivity contribution in [2.45, 2.75) is 220 Å². The van der Waals surface area contributed by atoms with Crippen molar-refractivity contribution in [3.63, 3.8) is 0 Å². The number of nitrogens with zero attached hydrogens (tertiary/aromatic N) is 2. The summed E-state index contributed by atoms with van der Waals surface area (Å²) in [6, 6.07) is 22.4. The highest BCUT2D eigenvalue weighted by Gasteiger charge is 2.25. The first kappa shape index (κ1) is 43.1. The molecule has 1 heterocycles. The fraction of sp³-hybridized carbons (Fsp3) is 0.694. The molecule has 0 saturated heterocycles. The van der Waals surface area contributed by atoms with Gasteiger partial charge >= 0.3 is 0 Å². The Morgan fingerprint density at radius 2 is 0.902 bits per heavy atom. The van der Waals surface area contributed by atoms with Gasteiger partial charge in [0.25, 0.3) is 5.82 Å². The molecule has 0 fully saturated rings. The fourth-order valence-electron chi connectivity index (χ4n) is 8.05. The maximum Gasteiger partial charge on any atom is 0.261 e. The molecule has 0 aliphatic carbocycles. The number of imidazole rings is 1. The van der Waals surface area contributed by atoms with E-state index in [-0.39, 0.29) is 0 Å². The molecular formula is C49H81N2+. The van der Waals surface area contributed by atoms with Gasteiger partial charge in [0.1, 0.15) is 11.9 Å². The van der Waals surface area contributed by atoms with Crippen LogP contribution < -0.4 is 4.57 Å². The lowest BCUT2D eigenvalue weighted by molar-refractivity contribution is -0.710. The minimum atomic E-state index is 0.515. The van der Waals surface area contributed by atoms with Gasteiger partial charge in [0, 0.05) is 6.42 Å². The number of aryl methyl sites for hydroxylation is 1. The van der Waals surface area contributed by atoms with Gasteiger partial charge in [-0.3, -0.25) is 0 Å². The van der Waals surface area contributed by atoms with Gasteiger partial charge in [-0.25, -0.2) is 9.13 Å². The fourth-order valence-corrected chi connectivity index (χ4v) is 8.05. The van der Waals surface area contributed by atoms with E-state index >= 15 is 0 Å². The van der Waals surface area contributed by atoms with Crippen LogP contribution in [0.5, 0.6) is 0 Å². The molecule has 0 spiro atoms. The van der Waals surface area contributed by atoms with Crippen molar-refractivity contribution in [1.29, 1.82) is 0 Å². The summed E-state index contributed by atoms with van der Waals surface area (Å²) in [6.45, 7) is 9.35. The first-order valence-corrected chi connectivity index (χ1v) is 22.4. The van der Waals surface area contributed by atoms with Gasteiger partial charge in [-0.05, 0) is 42.7 Å². The van der Waals surface area contributed by atoms with Gasteiger partial charge in [-0.15, -0.1) is 0 Å². The Labute approximate surface area is 317 Å². The first-order valence-electron chi connectivity index (χ1n) is 22.4. The monoisotopic (exact) mass is 698 g/mol. The average molecular weight is 698 g/mol. The van der Waals surface area contributed by atoms with Crippen molar-refractivity contribution in [2.75, 3.05) is 0 Å². The van der Waals surface area contributed by atoms with Gasteiger partial charge in [0.05, 0.1) is 19.5 Å². The minimum absolute atomic E-state index is 0.515. The first-order chi connectivity index (χ1) is 25.2. The summed E-state index contributed by atoms with van der Waals surface area (Å²) >= 11 is 0. The number of hydrogen-bond donors (Lipinski definition) is 0. The van der Waals surface area contributed by atoms with Crippen LogP contribution in [-0.4, -0.2) is 4.57 Å². The number of aromatic nitrogens is 2. The Kier molecular flexibility index (Phi) is 24.6. The quantitative estimate of drug-likeness (QED) is 0.0442. The van der Waals surface area contributed by atoms with Crippen LogP contribution in [0.4, 0.5) is 0 Å². The third-order valence-corrected chi connectivity index (χ3v) is 11.4. The largest absolute Gasteiger partial charge is 0.261 e. The topological polar surface area (TPSA) is 8.81 Å². The highest BCUT2D eigenvalue weighted by atomic mass is 15.2. The van der Waals surface area contributed by atoms with Crippen LogP contribution in [-0.2, 0) is 25.9 Å². The van der Waals surface area contributed by atoms with E-state index in [2.05, 4.69) is 96.8 Å². The Balaban J connectivity index is 1.51. The molecule has 0 aliphatic heterocycles. The smallest absolute Gasteiger partial charge is 0.234 e. The van der Waals surface area contributed by atoms with Gasteiger partial charge in [0.15, 0.2) is 0 Å². The Morgan fingerprint density at radius 1 is 0.490 bits per heavy atom. The maximum absolute atomic E-state index is 2.76. The molecule has 3 aromatic rings. The van der Waals surface area contributed by atoms with Crippen molar-refractivity contribution < 1.29 is 4.57 Å². The van der Waals surface area contributed by atoms with Crippen molar-refractivity contribution in [3.05, 3.63) is 89.5 Å². The molecule has 2 aromatic carbocycles. The lowest BCUT2D eigenvalue weighted by Gasteiger charge is -2.12. The van der Waals surface area contributed by atoms with Crippen molar-refractivity contribution in [1.82, 2.24) is 4.57 Å². The zero-order chi connectivity index (χ0) is 36.0. The molecule has 2 nitrogen and oxygen atoms in total. The predicted molar refractivity (Wildman–Crippen MR) is 224 cm³/mol. The molecule has 0 aliphatic rings. The molecule has 1 atom stereocenters. The third kappa shape index (κ3) is 19.3. The van der Waals surface area contributed by atoms with Crippen LogP contribution >= 0.6 is 0 Å². The minimum Gasteiger partial charge on any atom is -0.234 e. The molecule has 0 bridgehead atoms. The van der Waals surface area contributed by atoms with Gasteiger partial charge in [-0.2, -0.15) is 0 Å². The molecule has 2 heteroatoms. The molecular weight excluding hydrogens is 617 g/mol. The summed E-state index contributed by atoms with van der Waals surface area (Å²) in [5.74, 6) is 2.04. The van der Waals surface area contributed by atoms with E-state index < -0.39 is 0 Å². The zero-order valence-electron chi connectivity index (χ0n) is 34.0. The molecule has 3 rings (SSSR count). The summed E-state index contributed by atoms with van der Waals surface area (Å²) in [4.78, 5) is 0. The summed E-state index contributed by atoms with van der Waals surface area (Å²) in [7, 11) is 0. The summed E-state index contributed by atoms with van der Waals surface area (Å²) in [5, 5.41) is 0. The highest BCUT2D eigenvalue weighted by Crippen LogP contribution is 2.22. The van der Waals surface area contributed by atoms with Gasteiger partial charge in [-0.1, -0.05) is 223 Å². The standard InChI is InChI=1S/C49H81N2/c1-4-6-8-10-12-14-16-17-18-19-20-21-23-25-27-35-41-51-48(42-45(3)47-38-32-29-33-39-47)44-50(49(51)43-46-36-30-28-31-37-46)40-34-26-24-22-15-13-11-9-7-5-2/h28-33,36-39,44-45H,4-27,34-35,40-43H2,1-3H3/q+1. The molecule has 0 radical (unpaired) electrons. The van der Waals surface area contributed by atoms with Crippen LogP contribution in [0.25, 0.3) is 0 Å². The lowest BCUT2D eigenvalue weighted by atomic mass is 9.96. The molecule has 0 amide bonds. The van der Waals surface area contributed by atoms with E-state index in [0.29, 0.717) is 5.92 Å². The number of hydrogen-bond acceptors (Lipinski definition) is 0. The Hall–Kier alpha value is -2.35. The van der Waals surface area contributed by atoms with Crippen molar-refractivity contribution in [2.24, 2.45) is 0 Å². The van der Waals surface area contributed by atoms with Crippen LogP contribution in [0.3, 0.4) is 0 Å². The Bertz CT molecular complexity index is 1200. The van der Waals surface area contributed by atoms with E-state index in [1.54, 1.807) is 0 Å². The SMILES string of the molecule is CCCCCCCCCCCCCCCCCC[n+]1c(CC(C)c2ccccc2)cn(CCCCCCCCCCCC)c1Cc1ccccc1. The number of unbranched alkanes of at least 4 members (excludes halogenated alkanes) is 24. The van der Waals surface area contributed by atoms with Crippen LogP contribution in [0.15, 0.2) is 66.9 Å². The Morgan fingerprint density at radius 3 is 1.37 bits per heavy atom. The van der Waals surface area contributed by atoms with Crippen molar-refractivity contribution in [3.8, 4) is 0 Å². The van der Waals surface area contributed by atoms with E-state index in [0.717, 1.165) is 25.9 Å². The number of rotatable bonds is 33. The lowest BCUT2D eigenvalue weighted by Crippen LogP contribution is -2.41. The summed E-state index contributed by atoms with van der Waals surface area (Å²) in [6.07, 6.45) is 41.4. The van der Waals surface area contributed by atoms with Crippen LogP contribution in [0, 0.1) is 0 Å². The van der Waals surface area contributed by atoms with Gasteiger partial charge < -0.3 is 0 Å². The third-order valence-electron chi connectivity index (χ3n) is 11.4. The van der Waals surface area contributed by atoms with E-state index in [9.17, 15) is 0 Å². The van der Waals surface area contributed by atoms with Gasteiger partial charge in [0.2, 0.25) is 0 Å². The normalized spacial score (nSPS) is 12.1. The van der Waals surface area contributed by atoms with E-state index in [1.807, 2.05) is 0 Å². The second kappa shape index (κ2) is 29.1. The van der Waals surface area contributed by atoms with Crippen LogP contribution in [0.2, 0.25) is 0 Å². The predicted octanol–water partition coefficient (Wildman–Crippen LogP) is 14.9.